The van der Waals surface area contributed by atoms with E-state index in [-0.39, 0.29) is 26.9 Å². The van der Waals surface area contributed by atoms with Crippen LogP contribution < -0.4 is 9.46 Å². The second-order valence-electron chi connectivity index (χ2n) is 4.66. The second-order valence-corrected chi connectivity index (χ2v) is 6.72. The van der Waals surface area contributed by atoms with Crippen LogP contribution in [-0.4, -0.2) is 20.5 Å². The van der Waals surface area contributed by atoms with Crippen molar-refractivity contribution in [2.24, 2.45) is 0 Å². The van der Waals surface area contributed by atoms with Crippen LogP contribution in [0, 0.1) is 17.0 Å². The summed E-state index contributed by atoms with van der Waals surface area (Å²) in [6.45, 7) is 1.48. The zero-order valence-electron chi connectivity index (χ0n) is 12.2. The Morgan fingerprint density at radius 3 is 2.43 bits per heavy atom. The Kier molecular flexibility index (Phi) is 4.76. The van der Waals surface area contributed by atoms with Gasteiger partial charge in [0.25, 0.3) is 15.7 Å². The fourth-order valence-corrected chi connectivity index (χ4v) is 3.54. The van der Waals surface area contributed by atoms with E-state index in [1.165, 1.54) is 38.3 Å². The molecule has 0 aliphatic heterocycles. The third-order valence-corrected chi connectivity index (χ3v) is 4.92. The number of rotatable bonds is 5. The van der Waals surface area contributed by atoms with Crippen molar-refractivity contribution in [1.29, 1.82) is 0 Å². The highest BCUT2D eigenvalue weighted by Crippen LogP contribution is 2.29. The van der Waals surface area contributed by atoms with Crippen LogP contribution in [0.2, 0.25) is 5.02 Å². The van der Waals surface area contributed by atoms with Crippen LogP contribution in [0.4, 0.5) is 11.4 Å². The normalized spacial score (nSPS) is 11.1. The van der Waals surface area contributed by atoms with Crippen molar-refractivity contribution >= 4 is 33.0 Å². The molecular weight excluding hydrogens is 344 g/mol. The van der Waals surface area contributed by atoms with Gasteiger partial charge in [0, 0.05) is 18.2 Å². The average Bonchev–Trinajstić information content (AvgIpc) is 2.48. The summed E-state index contributed by atoms with van der Waals surface area (Å²) in [5.41, 5.74) is 0.269. The zero-order chi connectivity index (χ0) is 17.2. The van der Waals surface area contributed by atoms with Gasteiger partial charge in [0.15, 0.2) is 0 Å². The zero-order valence-corrected chi connectivity index (χ0v) is 13.8. The van der Waals surface area contributed by atoms with E-state index < -0.39 is 14.9 Å². The molecule has 2 aromatic carbocycles. The smallest absolute Gasteiger partial charge is 0.269 e. The lowest BCUT2D eigenvalue weighted by Crippen LogP contribution is -2.14. The summed E-state index contributed by atoms with van der Waals surface area (Å²) in [4.78, 5) is 10.1. The number of benzene rings is 2. The van der Waals surface area contributed by atoms with Crippen LogP contribution in [0.15, 0.2) is 41.3 Å². The molecule has 0 aliphatic carbocycles. The van der Waals surface area contributed by atoms with Gasteiger partial charge in [-0.2, -0.15) is 0 Å². The number of hydrogen-bond acceptors (Lipinski definition) is 5. The molecule has 0 heterocycles. The summed E-state index contributed by atoms with van der Waals surface area (Å²) in [7, 11) is -2.46. The van der Waals surface area contributed by atoms with Crippen molar-refractivity contribution < 1.29 is 18.1 Å². The molecule has 0 unspecified atom stereocenters. The number of aryl methyl sites for hydroxylation is 1. The SMILES string of the molecule is COc1ccc(NS(=O)(=O)c2ccc([N+](=O)[O-])cc2C)c(Cl)c1. The number of ether oxygens (including phenoxy) is 1. The molecule has 122 valence electrons. The van der Waals surface area contributed by atoms with Gasteiger partial charge in [0.05, 0.1) is 27.6 Å². The highest BCUT2D eigenvalue weighted by atomic mass is 35.5. The molecule has 9 heteroatoms. The maximum absolute atomic E-state index is 12.4. The van der Waals surface area contributed by atoms with Gasteiger partial charge in [0.1, 0.15) is 5.75 Å². The maximum Gasteiger partial charge on any atom is 0.269 e. The molecule has 0 radical (unpaired) electrons. The number of non-ortho nitro benzene ring substituents is 1. The largest absolute Gasteiger partial charge is 0.497 e. The Labute approximate surface area is 138 Å². The van der Waals surface area contributed by atoms with E-state index in [4.69, 9.17) is 16.3 Å². The number of methoxy groups -OCH3 is 1. The maximum atomic E-state index is 12.4. The Balaban J connectivity index is 2.38. The lowest BCUT2D eigenvalue weighted by Gasteiger charge is -2.12. The lowest BCUT2D eigenvalue weighted by atomic mass is 10.2. The number of nitro groups is 1. The minimum absolute atomic E-state index is 0.0602. The average molecular weight is 357 g/mol. The van der Waals surface area contributed by atoms with Crippen molar-refractivity contribution in [1.82, 2.24) is 0 Å². The van der Waals surface area contributed by atoms with E-state index in [0.717, 1.165) is 6.07 Å². The number of hydrogen-bond donors (Lipinski definition) is 1. The number of sulfonamides is 1. The van der Waals surface area contributed by atoms with Crippen molar-refractivity contribution in [2.75, 3.05) is 11.8 Å². The van der Waals surface area contributed by atoms with Crippen molar-refractivity contribution in [3.8, 4) is 5.75 Å². The summed E-state index contributed by atoms with van der Waals surface area (Å²) in [5, 5.41) is 10.9. The molecule has 23 heavy (non-hydrogen) atoms. The quantitative estimate of drug-likeness (QED) is 0.654. The number of nitro benzene ring substituents is 1. The number of halogens is 1. The van der Waals surface area contributed by atoms with Gasteiger partial charge in [-0.25, -0.2) is 8.42 Å². The first-order valence-corrected chi connectivity index (χ1v) is 8.22. The van der Waals surface area contributed by atoms with Crippen molar-refractivity contribution in [3.63, 3.8) is 0 Å². The molecule has 2 aromatic rings. The summed E-state index contributed by atoms with van der Waals surface area (Å²) < 4.78 is 32.2. The highest BCUT2D eigenvalue weighted by Gasteiger charge is 2.20. The number of nitrogens with one attached hydrogen (secondary N) is 1. The standard InChI is InChI=1S/C14H13ClN2O5S/c1-9-7-10(17(18)19)3-6-14(9)23(20,21)16-13-5-4-11(22-2)8-12(13)15/h3-8,16H,1-2H3. The van der Waals surface area contributed by atoms with E-state index in [1.807, 2.05) is 0 Å². The highest BCUT2D eigenvalue weighted by molar-refractivity contribution is 7.92. The summed E-state index contributed by atoms with van der Waals surface area (Å²) in [6.07, 6.45) is 0. The van der Waals surface area contributed by atoms with Crippen LogP contribution in [0.3, 0.4) is 0 Å². The minimum atomic E-state index is -3.93. The lowest BCUT2D eigenvalue weighted by molar-refractivity contribution is -0.385. The van der Waals surface area contributed by atoms with Crippen LogP contribution in [0.25, 0.3) is 0 Å². The first-order valence-electron chi connectivity index (χ1n) is 6.36. The summed E-state index contributed by atoms with van der Waals surface area (Å²) in [5.74, 6) is 0.490. The van der Waals surface area contributed by atoms with E-state index in [0.29, 0.717) is 5.75 Å². The van der Waals surface area contributed by atoms with Gasteiger partial charge in [-0.3, -0.25) is 14.8 Å². The van der Waals surface area contributed by atoms with E-state index in [2.05, 4.69) is 4.72 Å². The molecule has 0 spiro atoms. The predicted octanol–water partition coefficient (Wildman–Crippen LogP) is 3.37. The number of nitrogens with zero attached hydrogens (tertiary/aromatic N) is 1. The first-order chi connectivity index (χ1) is 10.7. The van der Waals surface area contributed by atoms with Crippen LogP contribution in [0.5, 0.6) is 5.75 Å². The fraction of sp³-hybridized carbons (Fsp3) is 0.143. The van der Waals surface area contributed by atoms with Crippen LogP contribution >= 0.6 is 11.6 Å². The molecule has 0 amide bonds. The second kappa shape index (κ2) is 6.43. The molecule has 0 saturated carbocycles. The monoisotopic (exact) mass is 356 g/mol. The topological polar surface area (TPSA) is 98.5 Å². The molecule has 1 N–H and O–H groups in total. The molecule has 0 fully saturated rings. The molecule has 0 aromatic heterocycles. The third kappa shape index (κ3) is 3.72. The van der Waals surface area contributed by atoms with Gasteiger partial charge < -0.3 is 4.74 Å². The van der Waals surface area contributed by atoms with Crippen molar-refractivity contribution in [2.45, 2.75) is 11.8 Å². The van der Waals surface area contributed by atoms with Crippen molar-refractivity contribution in [3.05, 3.63) is 57.1 Å². The van der Waals surface area contributed by atoms with Gasteiger partial charge in [-0.15, -0.1) is 0 Å². The Bertz CT molecular complexity index is 867. The Hall–Kier alpha value is -2.32. The molecule has 7 nitrogen and oxygen atoms in total. The Morgan fingerprint density at radius 2 is 1.91 bits per heavy atom. The molecule has 0 aliphatic rings. The van der Waals surface area contributed by atoms with Gasteiger partial charge in [-0.1, -0.05) is 11.6 Å². The van der Waals surface area contributed by atoms with Gasteiger partial charge in [0.2, 0.25) is 0 Å². The molecule has 0 atom stereocenters. The van der Waals surface area contributed by atoms with E-state index in [1.54, 1.807) is 6.07 Å². The molecule has 0 saturated heterocycles. The predicted molar refractivity (Wildman–Crippen MR) is 86.6 cm³/mol. The van der Waals surface area contributed by atoms with E-state index >= 15 is 0 Å². The first kappa shape index (κ1) is 17.0. The fourth-order valence-electron chi connectivity index (χ4n) is 1.95. The molecular formula is C14H13ClN2O5S. The number of anilines is 1. The van der Waals surface area contributed by atoms with Gasteiger partial charge >= 0.3 is 0 Å². The van der Waals surface area contributed by atoms with Crippen LogP contribution in [0.1, 0.15) is 5.56 Å². The molecule has 2 rings (SSSR count). The van der Waals surface area contributed by atoms with E-state index in [9.17, 15) is 18.5 Å². The minimum Gasteiger partial charge on any atom is -0.497 e. The van der Waals surface area contributed by atoms with Gasteiger partial charge in [-0.05, 0) is 30.7 Å². The third-order valence-electron chi connectivity index (χ3n) is 3.08. The molecule has 0 bridgehead atoms. The van der Waals surface area contributed by atoms with Crippen LogP contribution in [-0.2, 0) is 10.0 Å². The summed E-state index contributed by atoms with van der Waals surface area (Å²) in [6, 6.07) is 8.03. The Morgan fingerprint density at radius 1 is 1.22 bits per heavy atom. The summed E-state index contributed by atoms with van der Waals surface area (Å²) >= 11 is 6.01.